The molecule has 0 heterocycles. The Morgan fingerprint density at radius 3 is 2.55 bits per heavy atom. The normalized spacial score (nSPS) is 12.3. The van der Waals surface area contributed by atoms with Crippen LogP contribution in [0, 0.1) is 6.92 Å². The summed E-state index contributed by atoms with van der Waals surface area (Å²) in [5.41, 5.74) is 1.35. The Hall–Kier alpha value is -1.05. The standard InChI is InChI=1S/C13H20F2N2O2S/c1-4-16-8-11-6-5-10(2)12(7-11)20(18,19)17(3)9-13(14)15/h5-7,13,16H,4,8-9H2,1-3H3. The van der Waals surface area contributed by atoms with Gasteiger partial charge < -0.3 is 5.32 Å². The first-order valence-electron chi connectivity index (χ1n) is 6.33. The lowest BCUT2D eigenvalue weighted by Crippen LogP contribution is -2.32. The summed E-state index contributed by atoms with van der Waals surface area (Å²) in [7, 11) is -2.72. The molecule has 0 saturated heterocycles. The summed E-state index contributed by atoms with van der Waals surface area (Å²) in [4.78, 5) is 0.0797. The first-order valence-corrected chi connectivity index (χ1v) is 7.77. The first kappa shape index (κ1) is 17.0. The minimum Gasteiger partial charge on any atom is -0.313 e. The van der Waals surface area contributed by atoms with Crippen LogP contribution in [0.2, 0.25) is 0 Å². The van der Waals surface area contributed by atoms with Crippen molar-refractivity contribution in [2.45, 2.75) is 31.7 Å². The highest BCUT2D eigenvalue weighted by Crippen LogP contribution is 2.21. The second-order valence-corrected chi connectivity index (χ2v) is 6.57. The maximum Gasteiger partial charge on any atom is 0.252 e. The Morgan fingerprint density at radius 2 is 2.00 bits per heavy atom. The lowest BCUT2D eigenvalue weighted by Gasteiger charge is -2.18. The zero-order valence-electron chi connectivity index (χ0n) is 11.9. The first-order chi connectivity index (χ1) is 9.28. The molecule has 0 bridgehead atoms. The van der Waals surface area contributed by atoms with Crippen molar-refractivity contribution in [1.82, 2.24) is 9.62 Å². The molecule has 0 saturated carbocycles. The monoisotopic (exact) mass is 306 g/mol. The summed E-state index contributed by atoms with van der Waals surface area (Å²) < 4.78 is 50.0. The third kappa shape index (κ3) is 4.22. The van der Waals surface area contributed by atoms with Crippen LogP contribution in [-0.2, 0) is 16.6 Å². The fourth-order valence-electron chi connectivity index (χ4n) is 1.76. The predicted octanol–water partition coefficient (Wildman–Crippen LogP) is 1.99. The molecule has 1 aromatic carbocycles. The van der Waals surface area contributed by atoms with Crippen LogP contribution in [0.3, 0.4) is 0 Å². The van der Waals surface area contributed by atoms with Gasteiger partial charge in [0.05, 0.1) is 11.4 Å². The molecule has 0 fully saturated rings. The minimum absolute atomic E-state index is 0.0797. The van der Waals surface area contributed by atoms with Crippen LogP contribution >= 0.6 is 0 Å². The third-order valence-corrected chi connectivity index (χ3v) is 4.88. The Morgan fingerprint density at radius 1 is 1.35 bits per heavy atom. The lowest BCUT2D eigenvalue weighted by atomic mass is 10.1. The van der Waals surface area contributed by atoms with Crippen molar-refractivity contribution >= 4 is 10.0 Å². The van der Waals surface area contributed by atoms with E-state index in [2.05, 4.69) is 5.32 Å². The van der Waals surface area contributed by atoms with Gasteiger partial charge >= 0.3 is 0 Å². The van der Waals surface area contributed by atoms with E-state index in [0.717, 1.165) is 19.2 Å². The molecule has 0 radical (unpaired) electrons. The molecule has 4 nitrogen and oxygen atoms in total. The fraction of sp³-hybridized carbons (Fsp3) is 0.538. The maximum atomic E-state index is 12.4. The summed E-state index contributed by atoms with van der Waals surface area (Å²) >= 11 is 0. The molecule has 0 amide bonds. The molecule has 1 rings (SSSR count). The molecule has 0 aliphatic heterocycles. The average molecular weight is 306 g/mol. The largest absolute Gasteiger partial charge is 0.313 e. The Balaban J connectivity index is 3.10. The van der Waals surface area contributed by atoms with Crippen LogP contribution < -0.4 is 5.32 Å². The second kappa shape index (κ2) is 7.10. The van der Waals surface area contributed by atoms with Gasteiger partial charge in [-0.2, -0.15) is 4.31 Å². The van der Waals surface area contributed by atoms with E-state index in [0.29, 0.717) is 16.4 Å². The molecule has 0 unspecified atom stereocenters. The van der Waals surface area contributed by atoms with E-state index in [1.165, 1.54) is 6.07 Å². The van der Waals surface area contributed by atoms with Gasteiger partial charge in [0.2, 0.25) is 10.0 Å². The number of alkyl halides is 2. The molecule has 0 spiro atoms. The van der Waals surface area contributed by atoms with Crippen molar-refractivity contribution in [2.75, 3.05) is 20.1 Å². The lowest BCUT2D eigenvalue weighted by molar-refractivity contribution is 0.126. The predicted molar refractivity (Wildman–Crippen MR) is 74.4 cm³/mol. The highest BCUT2D eigenvalue weighted by Gasteiger charge is 2.25. The van der Waals surface area contributed by atoms with E-state index in [4.69, 9.17) is 0 Å². The van der Waals surface area contributed by atoms with Gasteiger partial charge in [-0.05, 0) is 30.7 Å². The van der Waals surface area contributed by atoms with Crippen molar-refractivity contribution in [3.63, 3.8) is 0 Å². The maximum absolute atomic E-state index is 12.4. The van der Waals surface area contributed by atoms with E-state index in [9.17, 15) is 17.2 Å². The Kier molecular flexibility index (Phi) is 6.04. The number of nitrogens with one attached hydrogen (secondary N) is 1. The van der Waals surface area contributed by atoms with Gasteiger partial charge in [0.1, 0.15) is 0 Å². The molecule has 7 heteroatoms. The van der Waals surface area contributed by atoms with Gasteiger partial charge in [0.15, 0.2) is 0 Å². The van der Waals surface area contributed by atoms with Crippen molar-refractivity contribution in [3.8, 4) is 0 Å². The summed E-state index contributed by atoms with van der Waals surface area (Å²) in [5, 5.41) is 3.10. The number of hydrogen-bond donors (Lipinski definition) is 1. The molecule has 0 atom stereocenters. The van der Waals surface area contributed by atoms with Crippen LogP contribution in [0.1, 0.15) is 18.1 Å². The minimum atomic E-state index is -3.89. The van der Waals surface area contributed by atoms with E-state index in [1.807, 2.05) is 13.0 Å². The third-order valence-electron chi connectivity index (χ3n) is 2.92. The van der Waals surface area contributed by atoms with Crippen molar-refractivity contribution in [1.29, 1.82) is 0 Å². The quantitative estimate of drug-likeness (QED) is 0.838. The number of nitrogens with zero attached hydrogens (tertiary/aromatic N) is 1. The summed E-state index contributed by atoms with van der Waals surface area (Å²) in [6.45, 7) is 4.10. The van der Waals surface area contributed by atoms with Gasteiger partial charge in [-0.1, -0.05) is 19.1 Å². The molecular formula is C13H20F2N2O2S. The van der Waals surface area contributed by atoms with Gasteiger partial charge in [-0.25, -0.2) is 17.2 Å². The summed E-state index contributed by atoms with van der Waals surface area (Å²) in [6.07, 6.45) is -2.69. The number of sulfonamides is 1. The molecular weight excluding hydrogens is 286 g/mol. The van der Waals surface area contributed by atoms with E-state index < -0.39 is 23.0 Å². The Bertz CT molecular complexity index is 547. The molecule has 0 aromatic heterocycles. The molecule has 1 aromatic rings. The number of benzene rings is 1. The van der Waals surface area contributed by atoms with Crippen molar-refractivity contribution < 1.29 is 17.2 Å². The topological polar surface area (TPSA) is 49.4 Å². The zero-order valence-corrected chi connectivity index (χ0v) is 12.7. The van der Waals surface area contributed by atoms with Crippen LogP contribution in [0.5, 0.6) is 0 Å². The smallest absolute Gasteiger partial charge is 0.252 e. The van der Waals surface area contributed by atoms with Gasteiger partial charge in [0.25, 0.3) is 6.43 Å². The van der Waals surface area contributed by atoms with Crippen LogP contribution in [-0.4, -0.2) is 39.3 Å². The highest BCUT2D eigenvalue weighted by atomic mass is 32.2. The molecule has 1 N–H and O–H groups in total. The van der Waals surface area contributed by atoms with E-state index in [1.54, 1.807) is 13.0 Å². The number of rotatable bonds is 7. The number of aryl methyl sites for hydroxylation is 1. The molecule has 0 aliphatic carbocycles. The van der Waals surface area contributed by atoms with Crippen LogP contribution in [0.4, 0.5) is 8.78 Å². The van der Waals surface area contributed by atoms with E-state index >= 15 is 0 Å². The van der Waals surface area contributed by atoms with Crippen LogP contribution in [0.15, 0.2) is 23.1 Å². The highest BCUT2D eigenvalue weighted by molar-refractivity contribution is 7.89. The fourth-order valence-corrected chi connectivity index (χ4v) is 3.18. The van der Waals surface area contributed by atoms with Gasteiger partial charge in [0, 0.05) is 13.6 Å². The van der Waals surface area contributed by atoms with E-state index in [-0.39, 0.29) is 4.90 Å². The van der Waals surface area contributed by atoms with Crippen molar-refractivity contribution in [2.24, 2.45) is 0 Å². The number of hydrogen-bond acceptors (Lipinski definition) is 3. The summed E-state index contributed by atoms with van der Waals surface area (Å²) in [5.74, 6) is 0. The summed E-state index contributed by atoms with van der Waals surface area (Å²) in [6, 6.07) is 5.05. The van der Waals surface area contributed by atoms with Crippen LogP contribution in [0.25, 0.3) is 0 Å². The number of halogens is 2. The van der Waals surface area contributed by atoms with Crippen molar-refractivity contribution in [3.05, 3.63) is 29.3 Å². The average Bonchev–Trinajstić information content (AvgIpc) is 2.36. The van der Waals surface area contributed by atoms with Gasteiger partial charge in [-0.15, -0.1) is 0 Å². The zero-order chi connectivity index (χ0) is 15.3. The second-order valence-electron chi connectivity index (χ2n) is 4.56. The molecule has 114 valence electrons. The molecule has 20 heavy (non-hydrogen) atoms. The SMILES string of the molecule is CCNCc1ccc(C)c(S(=O)(=O)N(C)CC(F)F)c1. The Labute approximate surface area is 118 Å². The molecule has 0 aliphatic rings. The van der Waals surface area contributed by atoms with Gasteiger partial charge in [-0.3, -0.25) is 0 Å².